The average Bonchev–Trinajstić information content (AvgIpc) is 2.67. The van der Waals surface area contributed by atoms with Crippen molar-refractivity contribution in [3.63, 3.8) is 0 Å². The van der Waals surface area contributed by atoms with E-state index in [1.807, 2.05) is 24.8 Å². The molecule has 0 aliphatic carbocycles. The minimum atomic E-state index is -0.265. The number of pyridine rings is 1. The monoisotopic (exact) mass is 374 g/mol. The Bertz CT molecular complexity index is 698. The molecule has 150 valence electrons. The first-order valence-electron chi connectivity index (χ1n) is 10.3. The molecule has 27 heavy (non-hydrogen) atoms. The number of piperazine rings is 1. The van der Waals surface area contributed by atoms with E-state index < -0.39 is 0 Å². The number of carbonyl (C=O) groups is 1. The highest BCUT2D eigenvalue weighted by molar-refractivity contribution is 5.93. The van der Waals surface area contributed by atoms with E-state index in [9.17, 15) is 9.59 Å². The summed E-state index contributed by atoms with van der Waals surface area (Å²) in [5, 5.41) is 0. The number of likely N-dealkylation sites (N-methyl/N-ethyl adjacent to an activating group) is 1. The first kappa shape index (κ1) is 20.1. The first-order chi connectivity index (χ1) is 12.9. The maximum Gasteiger partial charge on any atom is 0.261 e. The molecule has 1 aromatic rings. The van der Waals surface area contributed by atoms with Gasteiger partial charge in [-0.2, -0.15) is 0 Å². The van der Waals surface area contributed by atoms with Crippen LogP contribution in [0.15, 0.2) is 16.9 Å². The van der Waals surface area contributed by atoms with Crippen LogP contribution in [0.4, 0.5) is 0 Å². The zero-order valence-corrected chi connectivity index (χ0v) is 17.2. The maximum atomic E-state index is 12.8. The summed E-state index contributed by atoms with van der Waals surface area (Å²) in [5.41, 5.74) is 0.875. The summed E-state index contributed by atoms with van der Waals surface area (Å²) in [6.45, 7) is 12.4. The van der Waals surface area contributed by atoms with E-state index in [0.29, 0.717) is 12.0 Å². The van der Waals surface area contributed by atoms with Crippen molar-refractivity contribution in [1.29, 1.82) is 0 Å². The number of aromatic nitrogens is 1. The molecule has 0 saturated carbocycles. The zero-order chi connectivity index (χ0) is 19.6. The number of nitrogens with one attached hydrogen (secondary N) is 1. The van der Waals surface area contributed by atoms with Crippen LogP contribution in [-0.4, -0.2) is 77.9 Å². The van der Waals surface area contributed by atoms with Crippen LogP contribution in [0, 0.1) is 5.92 Å². The Morgan fingerprint density at radius 3 is 2.22 bits per heavy atom. The first-order valence-corrected chi connectivity index (χ1v) is 10.3. The summed E-state index contributed by atoms with van der Waals surface area (Å²) in [6.07, 6.45) is 2.03. The van der Waals surface area contributed by atoms with Crippen molar-refractivity contribution in [1.82, 2.24) is 19.7 Å². The molecule has 6 nitrogen and oxygen atoms in total. The molecule has 1 aromatic heterocycles. The van der Waals surface area contributed by atoms with E-state index in [4.69, 9.17) is 0 Å². The molecule has 1 N–H and O–H groups in total. The number of rotatable bonds is 4. The Balaban J connectivity index is 1.57. The molecule has 1 atom stereocenters. The van der Waals surface area contributed by atoms with Gasteiger partial charge in [0, 0.05) is 51.0 Å². The average molecular weight is 375 g/mol. The van der Waals surface area contributed by atoms with Crippen molar-refractivity contribution in [3.05, 3.63) is 33.7 Å². The number of nitrogens with zero attached hydrogens (tertiary/aromatic N) is 3. The fraction of sp³-hybridized carbons (Fsp3) is 0.714. The molecule has 2 saturated heterocycles. The van der Waals surface area contributed by atoms with E-state index >= 15 is 0 Å². The lowest BCUT2D eigenvalue weighted by atomic mass is 9.89. The normalized spacial score (nSPS) is 21.6. The molecule has 0 bridgehead atoms. The third-order valence-electron chi connectivity index (χ3n) is 6.41. The highest BCUT2D eigenvalue weighted by atomic mass is 16.2. The summed E-state index contributed by atoms with van der Waals surface area (Å²) < 4.78 is 0. The molecule has 2 aliphatic heterocycles. The van der Waals surface area contributed by atoms with Gasteiger partial charge in [0.2, 0.25) is 0 Å². The van der Waals surface area contributed by atoms with Gasteiger partial charge >= 0.3 is 0 Å². The molecule has 0 spiro atoms. The van der Waals surface area contributed by atoms with Crippen LogP contribution in [-0.2, 0) is 0 Å². The second-order valence-electron chi connectivity index (χ2n) is 8.52. The number of hydrogen-bond donors (Lipinski definition) is 1. The number of amides is 1. The molecule has 0 unspecified atom stereocenters. The van der Waals surface area contributed by atoms with Gasteiger partial charge in [-0.1, -0.05) is 13.8 Å². The summed E-state index contributed by atoms with van der Waals surface area (Å²) in [6, 6.07) is 4.11. The highest BCUT2D eigenvalue weighted by Gasteiger charge is 2.31. The fourth-order valence-electron chi connectivity index (χ4n) is 4.28. The van der Waals surface area contributed by atoms with Gasteiger partial charge in [-0.05, 0) is 50.8 Å². The zero-order valence-electron chi connectivity index (χ0n) is 17.2. The van der Waals surface area contributed by atoms with Gasteiger partial charge in [-0.3, -0.25) is 14.5 Å². The highest BCUT2D eigenvalue weighted by Crippen LogP contribution is 2.25. The van der Waals surface area contributed by atoms with E-state index in [-0.39, 0.29) is 22.9 Å². The van der Waals surface area contributed by atoms with Crippen molar-refractivity contribution in [2.24, 2.45) is 5.92 Å². The number of piperidine rings is 1. The van der Waals surface area contributed by atoms with E-state index in [2.05, 4.69) is 28.8 Å². The molecule has 2 fully saturated rings. The van der Waals surface area contributed by atoms with Crippen LogP contribution >= 0.6 is 0 Å². The molecular formula is C21H34N4O2. The van der Waals surface area contributed by atoms with Crippen LogP contribution in [0.2, 0.25) is 0 Å². The second-order valence-corrected chi connectivity index (χ2v) is 8.52. The van der Waals surface area contributed by atoms with Crippen LogP contribution in [0.5, 0.6) is 0 Å². The van der Waals surface area contributed by atoms with Crippen LogP contribution in [0.25, 0.3) is 0 Å². The van der Waals surface area contributed by atoms with Gasteiger partial charge in [0.25, 0.3) is 11.5 Å². The molecule has 3 heterocycles. The van der Waals surface area contributed by atoms with Crippen molar-refractivity contribution in [3.8, 4) is 0 Å². The molecular weight excluding hydrogens is 340 g/mol. The quantitative estimate of drug-likeness (QED) is 0.876. The number of carbonyl (C=O) groups excluding carboxylic acids is 1. The fourth-order valence-corrected chi connectivity index (χ4v) is 4.28. The van der Waals surface area contributed by atoms with Crippen LogP contribution < -0.4 is 5.56 Å². The van der Waals surface area contributed by atoms with Gasteiger partial charge < -0.3 is 14.8 Å². The van der Waals surface area contributed by atoms with Gasteiger partial charge in [-0.15, -0.1) is 0 Å². The third kappa shape index (κ3) is 4.61. The Labute approximate surface area is 162 Å². The Hall–Kier alpha value is -1.66. The van der Waals surface area contributed by atoms with Gasteiger partial charge in [0.05, 0.1) is 0 Å². The van der Waals surface area contributed by atoms with Crippen LogP contribution in [0.1, 0.15) is 55.6 Å². The van der Waals surface area contributed by atoms with E-state index in [0.717, 1.165) is 57.8 Å². The lowest BCUT2D eigenvalue weighted by Gasteiger charge is -2.42. The lowest BCUT2D eigenvalue weighted by molar-refractivity contribution is 0.0499. The third-order valence-corrected chi connectivity index (χ3v) is 6.41. The molecule has 6 heteroatoms. The Kier molecular flexibility index (Phi) is 6.37. The molecule has 2 aliphatic rings. The predicted octanol–water partition coefficient (Wildman–Crippen LogP) is 1.99. The second kappa shape index (κ2) is 8.57. The summed E-state index contributed by atoms with van der Waals surface area (Å²) >= 11 is 0. The molecule has 1 amide bonds. The smallest absolute Gasteiger partial charge is 0.261 e. The van der Waals surface area contributed by atoms with Crippen molar-refractivity contribution in [2.75, 3.05) is 46.3 Å². The van der Waals surface area contributed by atoms with Crippen molar-refractivity contribution >= 4 is 5.91 Å². The van der Waals surface area contributed by atoms with Gasteiger partial charge in [0.15, 0.2) is 0 Å². The predicted molar refractivity (Wildman–Crippen MR) is 108 cm³/mol. The molecule has 0 aromatic carbocycles. The van der Waals surface area contributed by atoms with E-state index in [1.54, 1.807) is 6.07 Å². The Morgan fingerprint density at radius 2 is 1.67 bits per heavy atom. The minimum Gasteiger partial charge on any atom is -0.338 e. The Morgan fingerprint density at radius 1 is 1.04 bits per heavy atom. The van der Waals surface area contributed by atoms with Crippen molar-refractivity contribution < 1.29 is 4.79 Å². The topological polar surface area (TPSA) is 59.7 Å². The largest absolute Gasteiger partial charge is 0.338 e. The molecule has 0 radical (unpaired) electrons. The summed E-state index contributed by atoms with van der Waals surface area (Å²) in [7, 11) is 2.18. The minimum absolute atomic E-state index is 0.128. The van der Waals surface area contributed by atoms with Crippen molar-refractivity contribution in [2.45, 2.75) is 45.6 Å². The van der Waals surface area contributed by atoms with Gasteiger partial charge in [0.1, 0.15) is 5.56 Å². The SMILES string of the molecule is CC(C)c1ccc(C(=O)N2CCC([C@@H](C)N3CCN(C)CC3)CC2)c(=O)[nH]1. The summed E-state index contributed by atoms with van der Waals surface area (Å²) in [4.78, 5) is 34.8. The summed E-state index contributed by atoms with van der Waals surface area (Å²) in [5.74, 6) is 0.741. The number of likely N-dealkylation sites (tertiary alicyclic amines) is 1. The number of hydrogen-bond acceptors (Lipinski definition) is 4. The van der Waals surface area contributed by atoms with E-state index in [1.165, 1.54) is 0 Å². The number of aromatic amines is 1. The molecule has 3 rings (SSSR count). The van der Waals surface area contributed by atoms with Crippen LogP contribution in [0.3, 0.4) is 0 Å². The standard InChI is InChI=1S/C21H34N4O2/c1-15(2)19-6-5-18(20(26)22-19)21(27)25-9-7-17(8-10-25)16(3)24-13-11-23(4)12-14-24/h5-6,15-17H,7-14H2,1-4H3,(H,22,26)/t16-/m1/s1. The lowest BCUT2D eigenvalue weighted by Crippen LogP contribution is -2.52. The number of H-pyrrole nitrogens is 1. The van der Waals surface area contributed by atoms with Gasteiger partial charge in [-0.25, -0.2) is 0 Å². The maximum absolute atomic E-state index is 12.8.